The molecule has 0 aliphatic carbocycles. The maximum atomic E-state index is 11.9. The van der Waals surface area contributed by atoms with Gasteiger partial charge in [-0.05, 0) is 36.5 Å². The van der Waals surface area contributed by atoms with Gasteiger partial charge in [-0.3, -0.25) is 0 Å². The summed E-state index contributed by atoms with van der Waals surface area (Å²) in [4.78, 5) is 23.6. The molecule has 0 spiro atoms. The van der Waals surface area contributed by atoms with Crippen molar-refractivity contribution in [3.05, 3.63) is 23.8 Å². The number of urea groups is 2. The van der Waals surface area contributed by atoms with Gasteiger partial charge >= 0.3 is 12.1 Å². The van der Waals surface area contributed by atoms with Gasteiger partial charge in [-0.25, -0.2) is 9.59 Å². The summed E-state index contributed by atoms with van der Waals surface area (Å²) in [5.41, 5.74) is 2.24. The van der Waals surface area contributed by atoms with Gasteiger partial charge in [0.25, 0.3) is 0 Å². The summed E-state index contributed by atoms with van der Waals surface area (Å²) in [6.07, 6.45) is 0. The van der Waals surface area contributed by atoms with E-state index in [1.165, 1.54) is 0 Å². The van der Waals surface area contributed by atoms with Crippen LogP contribution in [-0.4, -0.2) is 25.2 Å². The molecular weight excluding hydrogens is 292 g/mol. The second kappa shape index (κ2) is 9.02. The lowest BCUT2D eigenvalue weighted by Gasteiger charge is -2.14. The number of benzene rings is 1. The molecule has 0 aliphatic rings. The van der Waals surface area contributed by atoms with Crippen LogP contribution in [0, 0.1) is 18.8 Å². The fourth-order valence-corrected chi connectivity index (χ4v) is 1.77. The Kier molecular flexibility index (Phi) is 7.38. The molecule has 1 aromatic carbocycles. The highest BCUT2D eigenvalue weighted by Gasteiger charge is 2.08. The molecule has 128 valence electrons. The second-order valence-corrected chi connectivity index (χ2v) is 6.49. The first kappa shape index (κ1) is 18.8. The molecule has 23 heavy (non-hydrogen) atoms. The maximum Gasteiger partial charge on any atom is 0.319 e. The molecule has 0 aromatic heterocycles. The summed E-state index contributed by atoms with van der Waals surface area (Å²) >= 11 is 0. The van der Waals surface area contributed by atoms with Crippen molar-refractivity contribution in [1.82, 2.24) is 10.6 Å². The van der Waals surface area contributed by atoms with Gasteiger partial charge in [0.2, 0.25) is 0 Å². The lowest BCUT2D eigenvalue weighted by atomic mass is 10.2. The minimum atomic E-state index is -0.252. The molecule has 0 heterocycles. The standard InChI is InChI=1S/C17H28N4O2/c1-11(2)9-18-16(22)20-14-7-6-13(5)15(8-14)21-17(23)19-10-12(3)4/h6-8,11-12H,9-10H2,1-5H3,(H2,18,20,22)(H2,19,21,23). The van der Waals surface area contributed by atoms with E-state index in [4.69, 9.17) is 0 Å². The lowest BCUT2D eigenvalue weighted by molar-refractivity contribution is 0.250. The molecular formula is C17H28N4O2. The molecule has 1 aromatic rings. The highest BCUT2D eigenvalue weighted by atomic mass is 16.2. The largest absolute Gasteiger partial charge is 0.338 e. The summed E-state index contributed by atoms with van der Waals surface area (Å²) in [7, 11) is 0. The van der Waals surface area contributed by atoms with E-state index in [1.807, 2.05) is 46.8 Å². The zero-order valence-corrected chi connectivity index (χ0v) is 14.6. The Balaban J connectivity index is 2.64. The number of rotatable bonds is 6. The summed E-state index contributed by atoms with van der Waals surface area (Å²) in [6, 6.07) is 4.91. The molecule has 0 bridgehead atoms. The quantitative estimate of drug-likeness (QED) is 0.646. The van der Waals surface area contributed by atoms with Gasteiger partial charge in [0, 0.05) is 24.5 Å². The van der Waals surface area contributed by atoms with E-state index in [0.717, 1.165) is 5.56 Å². The average molecular weight is 320 g/mol. The Bertz CT molecular complexity index is 541. The maximum absolute atomic E-state index is 11.9. The number of carbonyl (C=O) groups excluding carboxylic acids is 2. The van der Waals surface area contributed by atoms with Crippen LogP contribution in [0.3, 0.4) is 0 Å². The van der Waals surface area contributed by atoms with Crippen molar-refractivity contribution in [3.63, 3.8) is 0 Å². The molecule has 0 atom stereocenters. The molecule has 6 nitrogen and oxygen atoms in total. The van der Waals surface area contributed by atoms with Crippen molar-refractivity contribution in [1.29, 1.82) is 0 Å². The van der Waals surface area contributed by atoms with Gasteiger partial charge in [0.05, 0.1) is 0 Å². The van der Waals surface area contributed by atoms with Gasteiger partial charge < -0.3 is 21.3 Å². The van der Waals surface area contributed by atoms with Crippen LogP contribution in [0.15, 0.2) is 18.2 Å². The summed E-state index contributed by atoms with van der Waals surface area (Å²) < 4.78 is 0. The first-order valence-electron chi connectivity index (χ1n) is 7.98. The summed E-state index contributed by atoms with van der Waals surface area (Å²) in [5.74, 6) is 0.778. The number of aryl methyl sites for hydroxylation is 1. The van der Waals surface area contributed by atoms with Crippen LogP contribution >= 0.6 is 0 Å². The molecule has 0 radical (unpaired) electrons. The molecule has 0 saturated heterocycles. The molecule has 4 amide bonds. The monoisotopic (exact) mass is 320 g/mol. The predicted octanol–water partition coefficient (Wildman–Crippen LogP) is 3.55. The van der Waals surface area contributed by atoms with Crippen LogP contribution in [0.25, 0.3) is 0 Å². The zero-order chi connectivity index (χ0) is 17.4. The van der Waals surface area contributed by atoms with Crippen molar-refractivity contribution in [2.24, 2.45) is 11.8 Å². The smallest absolute Gasteiger partial charge is 0.319 e. The van der Waals surface area contributed by atoms with Gasteiger partial charge in [-0.1, -0.05) is 33.8 Å². The molecule has 0 aliphatic heterocycles. The Morgan fingerprint density at radius 1 is 0.913 bits per heavy atom. The highest BCUT2D eigenvalue weighted by molar-refractivity contribution is 5.93. The van der Waals surface area contributed by atoms with Gasteiger partial charge in [-0.2, -0.15) is 0 Å². The highest BCUT2D eigenvalue weighted by Crippen LogP contribution is 2.20. The van der Waals surface area contributed by atoms with Crippen molar-refractivity contribution in [2.75, 3.05) is 23.7 Å². The first-order chi connectivity index (χ1) is 10.8. The number of carbonyl (C=O) groups is 2. The number of amides is 4. The van der Waals surface area contributed by atoms with Crippen LogP contribution in [0.4, 0.5) is 21.0 Å². The van der Waals surface area contributed by atoms with E-state index in [2.05, 4.69) is 21.3 Å². The van der Waals surface area contributed by atoms with Crippen molar-refractivity contribution in [3.8, 4) is 0 Å². The van der Waals surface area contributed by atoms with Gasteiger partial charge in [0.15, 0.2) is 0 Å². The molecule has 4 N–H and O–H groups in total. The molecule has 1 rings (SSSR count). The number of hydrogen-bond donors (Lipinski definition) is 4. The topological polar surface area (TPSA) is 82.3 Å². The van der Waals surface area contributed by atoms with E-state index < -0.39 is 0 Å². The summed E-state index contributed by atoms with van der Waals surface area (Å²) in [5, 5.41) is 11.2. The van der Waals surface area contributed by atoms with Crippen LogP contribution < -0.4 is 21.3 Å². The number of hydrogen-bond acceptors (Lipinski definition) is 2. The van der Waals surface area contributed by atoms with Crippen molar-refractivity contribution < 1.29 is 9.59 Å². The van der Waals surface area contributed by atoms with Crippen LogP contribution in [0.1, 0.15) is 33.3 Å². The molecule has 0 unspecified atom stereocenters. The van der Waals surface area contributed by atoms with Crippen LogP contribution in [-0.2, 0) is 0 Å². The van der Waals surface area contributed by atoms with E-state index in [-0.39, 0.29) is 12.1 Å². The number of anilines is 2. The van der Waals surface area contributed by atoms with E-state index >= 15 is 0 Å². The molecule has 0 fully saturated rings. The van der Waals surface area contributed by atoms with Crippen molar-refractivity contribution >= 4 is 23.4 Å². The zero-order valence-electron chi connectivity index (χ0n) is 14.6. The van der Waals surface area contributed by atoms with Crippen LogP contribution in [0.5, 0.6) is 0 Å². The molecule has 0 saturated carbocycles. The third-order valence-electron chi connectivity index (χ3n) is 3.09. The van der Waals surface area contributed by atoms with E-state index in [9.17, 15) is 9.59 Å². The lowest BCUT2D eigenvalue weighted by Crippen LogP contribution is -2.32. The Labute approximate surface area is 138 Å². The Hall–Kier alpha value is -2.24. The third-order valence-corrected chi connectivity index (χ3v) is 3.09. The van der Waals surface area contributed by atoms with Gasteiger partial charge in [-0.15, -0.1) is 0 Å². The Morgan fingerprint density at radius 2 is 1.43 bits per heavy atom. The predicted molar refractivity (Wildman–Crippen MR) is 94.9 cm³/mol. The minimum absolute atomic E-state index is 0.247. The van der Waals surface area contributed by atoms with E-state index in [1.54, 1.807) is 6.07 Å². The number of nitrogens with one attached hydrogen (secondary N) is 4. The first-order valence-corrected chi connectivity index (χ1v) is 7.98. The Morgan fingerprint density at radius 3 is 1.96 bits per heavy atom. The SMILES string of the molecule is Cc1ccc(NC(=O)NCC(C)C)cc1NC(=O)NCC(C)C. The fourth-order valence-electron chi connectivity index (χ4n) is 1.77. The van der Waals surface area contributed by atoms with Crippen LogP contribution in [0.2, 0.25) is 0 Å². The normalized spacial score (nSPS) is 10.6. The fraction of sp³-hybridized carbons (Fsp3) is 0.529. The summed E-state index contributed by atoms with van der Waals surface area (Å²) in [6.45, 7) is 11.3. The average Bonchev–Trinajstić information content (AvgIpc) is 2.46. The molecule has 6 heteroatoms. The van der Waals surface area contributed by atoms with Crippen molar-refractivity contribution in [2.45, 2.75) is 34.6 Å². The third kappa shape index (κ3) is 7.54. The van der Waals surface area contributed by atoms with Gasteiger partial charge in [0.1, 0.15) is 0 Å². The second-order valence-electron chi connectivity index (χ2n) is 6.49. The minimum Gasteiger partial charge on any atom is -0.338 e. The van der Waals surface area contributed by atoms with E-state index in [0.29, 0.717) is 36.3 Å².